The lowest BCUT2D eigenvalue weighted by molar-refractivity contribution is 0.0696. The number of urea groups is 1. The lowest BCUT2D eigenvalue weighted by atomic mass is 10.1. The van der Waals surface area contributed by atoms with Gasteiger partial charge in [0.05, 0.1) is 12.1 Å². The molecule has 2 aromatic rings. The van der Waals surface area contributed by atoms with Crippen LogP contribution in [-0.2, 0) is 6.54 Å². The Morgan fingerprint density at radius 1 is 1.19 bits per heavy atom. The number of carboxylic acid groups (broad SMARTS) is 1. The number of anilines is 1. The molecular weight excluding hydrogens is 288 g/mol. The van der Waals surface area contributed by atoms with Crippen LogP contribution in [0.4, 0.5) is 10.5 Å². The molecule has 0 saturated carbocycles. The van der Waals surface area contributed by atoms with Gasteiger partial charge >= 0.3 is 12.0 Å². The minimum atomic E-state index is -0.975. The molecule has 0 aliphatic carbocycles. The van der Waals surface area contributed by atoms with Crippen LogP contribution >= 0.6 is 11.3 Å². The molecule has 0 fully saturated rings. The Labute approximate surface area is 126 Å². The van der Waals surface area contributed by atoms with E-state index in [-0.39, 0.29) is 11.6 Å². The summed E-state index contributed by atoms with van der Waals surface area (Å²) in [5.74, 6) is -0.975. The molecule has 0 aliphatic rings. The van der Waals surface area contributed by atoms with E-state index in [9.17, 15) is 9.59 Å². The van der Waals surface area contributed by atoms with Crippen LogP contribution < -0.4 is 10.6 Å². The number of nitrogens with one attached hydrogen (secondary N) is 2. The first-order chi connectivity index (χ1) is 9.97. The van der Waals surface area contributed by atoms with Crippen molar-refractivity contribution in [2.75, 3.05) is 5.32 Å². The highest BCUT2D eigenvalue weighted by atomic mass is 32.1. The first kappa shape index (κ1) is 15.1. The lowest BCUT2D eigenvalue weighted by Gasteiger charge is -2.09. The summed E-state index contributed by atoms with van der Waals surface area (Å²) in [7, 11) is 0. The molecule has 110 valence electrons. The van der Waals surface area contributed by atoms with Gasteiger partial charge in [-0.25, -0.2) is 9.59 Å². The number of thiophene rings is 1. The van der Waals surface area contributed by atoms with E-state index in [2.05, 4.69) is 10.6 Å². The number of benzene rings is 1. The van der Waals surface area contributed by atoms with Gasteiger partial charge in [0, 0.05) is 10.6 Å². The Kier molecular flexibility index (Phi) is 4.59. The van der Waals surface area contributed by atoms with Gasteiger partial charge in [0.1, 0.15) is 0 Å². The van der Waals surface area contributed by atoms with Gasteiger partial charge in [0.25, 0.3) is 0 Å². The molecular formula is C15H16N2O3S. The number of carbonyl (C=O) groups excluding carboxylic acids is 1. The molecule has 0 unspecified atom stereocenters. The standard InChI is InChI=1S/C15H16N2O3S/c1-9-5-6-21-13(9)8-16-15(20)17-11-3-4-12(14(18)19)10(2)7-11/h3-7H,8H2,1-2H3,(H,18,19)(H2,16,17,20). The minimum absolute atomic E-state index is 0.232. The maximum atomic E-state index is 11.8. The maximum Gasteiger partial charge on any atom is 0.335 e. The number of amides is 2. The van der Waals surface area contributed by atoms with E-state index in [4.69, 9.17) is 5.11 Å². The van der Waals surface area contributed by atoms with E-state index < -0.39 is 5.97 Å². The first-order valence-electron chi connectivity index (χ1n) is 6.39. The smallest absolute Gasteiger partial charge is 0.335 e. The van der Waals surface area contributed by atoms with Crippen LogP contribution in [0, 0.1) is 13.8 Å². The second kappa shape index (κ2) is 6.41. The van der Waals surface area contributed by atoms with Crippen LogP contribution in [-0.4, -0.2) is 17.1 Å². The van der Waals surface area contributed by atoms with Crippen LogP contribution in [0.15, 0.2) is 29.6 Å². The number of aryl methyl sites for hydroxylation is 2. The van der Waals surface area contributed by atoms with E-state index in [1.807, 2.05) is 18.4 Å². The van der Waals surface area contributed by atoms with E-state index in [0.29, 0.717) is 17.8 Å². The molecule has 0 aliphatic heterocycles. The van der Waals surface area contributed by atoms with Crippen molar-refractivity contribution >= 4 is 29.0 Å². The number of rotatable bonds is 4. The van der Waals surface area contributed by atoms with Gasteiger partial charge in [-0.1, -0.05) is 0 Å². The van der Waals surface area contributed by atoms with Crippen molar-refractivity contribution in [2.45, 2.75) is 20.4 Å². The van der Waals surface area contributed by atoms with Crippen molar-refractivity contribution in [2.24, 2.45) is 0 Å². The second-order valence-electron chi connectivity index (χ2n) is 4.67. The van der Waals surface area contributed by atoms with Crippen molar-refractivity contribution in [1.29, 1.82) is 0 Å². The highest BCUT2D eigenvalue weighted by Crippen LogP contribution is 2.16. The quantitative estimate of drug-likeness (QED) is 0.810. The second-order valence-corrected chi connectivity index (χ2v) is 5.67. The molecule has 2 amide bonds. The van der Waals surface area contributed by atoms with Gasteiger partial charge in [0.15, 0.2) is 0 Å². The topological polar surface area (TPSA) is 78.4 Å². The molecule has 3 N–H and O–H groups in total. The molecule has 1 heterocycles. The van der Waals surface area contributed by atoms with Crippen LogP contribution in [0.3, 0.4) is 0 Å². The molecule has 2 rings (SSSR count). The summed E-state index contributed by atoms with van der Waals surface area (Å²) >= 11 is 1.60. The summed E-state index contributed by atoms with van der Waals surface area (Å²) in [5, 5.41) is 16.4. The van der Waals surface area contributed by atoms with Gasteiger partial charge in [-0.15, -0.1) is 11.3 Å². The van der Waals surface area contributed by atoms with Crippen LogP contribution in [0.1, 0.15) is 26.4 Å². The zero-order valence-corrected chi connectivity index (χ0v) is 12.6. The fourth-order valence-electron chi connectivity index (χ4n) is 1.90. The molecule has 1 aromatic heterocycles. The minimum Gasteiger partial charge on any atom is -0.478 e. The first-order valence-corrected chi connectivity index (χ1v) is 7.27. The Morgan fingerprint density at radius 2 is 1.95 bits per heavy atom. The maximum absolute atomic E-state index is 11.8. The molecule has 21 heavy (non-hydrogen) atoms. The molecule has 0 atom stereocenters. The Balaban J connectivity index is 1.95. The molecule has 5 nitrogen and oxygen atoms in total. The van der Waals surface area contributed by atoms with Gasteiger partial charge in [-0.05, 0) is 54.6 Å². The predicted octanol–water partition coefficient (Wildman–Crippen LogP) is 3.38. The summed E-state index contributed by atoms with van der Waals surface area (Å²) in [4.78, 5) is 23.9. The molecule has 6 heteroatoms. The lowest BCUT2D eigenvalue weighted by Crippen LogP contribution is -2.28. The molecule has 0 bridgehead atoms. The summed E-state index contributed by atoms with van der Waals surface area (Å²) in [5.41, 5.74) is 2.56. The fourth-order valence-corrected chi connectivity index (χ4v) is 2.75. The average molecular weight is 304 g/mol. The summed E-state index contributed by atoms with van der Waals surface area (Å²) in [6.45, 7) is 4.17. The zero-order chi connectivity index (χ0) is 15.4. The number of hydrogen-bond acceptors (Lipinski definition) is 3. The van der Waals surface area contributed by atoms with Crippen molar-refractivity contribution in [3.8, 4) is 0 Å². The predicted molar refractivity (Wildman–Crippen MR) is 83.1 cm³/mol. The van der Waals surface area contributed by atoms with Crippen LogP contribution in [0.2, 0.25) is 0 Å². The van der Waals surface area contributed by atoms with Gasteiger partial charge in [-0.2, -0.15) is 0 Å². The van der Waals surface area contributed by atoms with Crippen molar-refractivity contribution in [1.82, 2.24) is 5.32 Å². The van der Waals surface area contributed by atoms with Gasteiger partial charge in [-0.3, -0.25) is 0 Å². The van der Waals surface area contributed by atoms with E-state index in [1.165, 1.54) is 6.07 Å². The SMILES string of the molecule is Cc1cc(NC(=O)NCc2sccc2C)ccc1C(=O)O. The van der Waals surface area contributed by atoms with Crippen molar-refractivity contribution in [3.05, 3.63) is 51.2 Å². The average Bonchev–Trinajstić information content (AvgIpc) is 2.81. The van der Waals surface area contributed by atoms with Crippen LogP contribution in [0.5, 0.6) is 0 Å². The highest BCUT2D eigenvalue weighted by Gasteiger charge is 2.09. The normalized spacial score (nSPS) is 10.2. The molecule has 0 radical (unpaired) electrons. The van der Waals surface area contributed by atoms with E-state index >= 15 is 0 Å². The third-order valence-corrected chi connectivity index (χ3v) is 4.12. The van der Waals surface area contributed by atoms with Crippen molar-refractivity contribution in [3.63, 3.8) is 0 Å². The number of aromatic carboxylic acids is 1. The fraction of sp³-hybridized carbons (Fsp3) is 0.200. The third kappa shape index (κ3) is 3.82. The van der Waals surface area contributed by atoms with Gasteiger partial charge < -0.3 is 15.7 Å². The summed E-state index contributed by atoms with van der Waals surface area (Å²) in [6, 6.07) is 6.39. The van der Waals surface area contributed by atoms with Crippen molar-refractivity contribution < 1.29 is 14.7 Å². The number of hydrogen-bond donors (Lipinski definition) is 3. The Hall–Kier alpha value is -2.34. The summed E-state index contributed by atoms with van der Waals surface area (Å²) in [6.07, 6.45) is 0. The van der Waals surface area contributed by atoms with Crippen LogP contribution in [0.25, 0.3) is 0 Å². The molecule has 0 spiro atoms. The Bertz CT molecular complexity index is 679. The molecule has 0 saturated heterocycles. The third-order valence-electron chi connectivity index (χ3n) is 3.09. The summed E-state index contributed by atoms with van der Waals surface area (Å²) < 4.78 is 0. The van der Waals surface area contributed by atoms with E-state index in [0.717, 1.165) is 10.4 Å². The molecule has 1 aromatic carbocycles. The monoisotopic (exact) mass is 304 g/mol. The van der Waals surface area contributed by atoms with Gasteiger partial charge in [0.2, 0.25) is 0 Å². The Morgan fingerprint density at radius 3 is 2.52 bits per heavy atom. The zero-order valence-electron chi connectivity index (χ0n) is 11.8. The highest BCUT2D eigenvalue weighted by molar-refractivity contribution is 7.10. The van der Waals surface area contributed by atoms with E-state index in [1.54, 1.807) is 30.4 Å². The largest absolute Gasteiger partial charge is 0.478 e. The number of carboxylic acids is 1. The number of carbonyl (C=O) groups is 2.